The Morgan fingerprint density at radius 1 is 1.23 bits per heavy atom. The fraction of sp³-hybridized carbons (Fsp3) is 0.818. The van der Waals surface area contributed by atoms with Crippen molar-refractivity contribution < 1.29 is 5.11 Å². The van der Waals surface area contributed by atoms with Crippen LogP contribution in [0.1, 0.15) is 51.9 Å². The molecular weight excluding hydrogens is 184 g/mol. The molecule has 78 valence electrons. The minimum atomic E-state index is -0.507. The van der Waals surface area contributed by atoms with Gasteiger partial charge in [0.15, 0.2) is 0 Å². The molecule has 0 spiro atoms. The normalized spacial score (nSPS) is 12.8. The Morgan fingerprint density at radius 2 is 1.77 bits per heavy atom. The van der Waals surface area contributed by atoms with Gasteiger partial charge in [0.1, 0.15) is 0 Å². The van der Waals surface area contributed by atoms with E-state index in [1.54, 1.807) is 0 Å². The van der Waals surface area contributed by atoms with Crippen molar-refractivity contribution >= 4 is 11.6 Å². The molecule has 0 aromatic carbocycles. The van der Waals surface area contributed by atoms with Gasteiger partial charge < -0.3 is 5.11 Å². The summed E-state index contributed by atoms with van der Waals surface area (Å²) in [6, 6.07) is 0. The Hall–Kier alpha value is -0.0100. The number of aliphatic hydroxyl groups excluding tert-OH is 1. The van der Waals surface area contributed by atoms with E-state index in [0.29, 0.717) is 5.03 Å². The van der Waals surface area contributed by atoms with Crippen molar-refractivity contribution in [3.63, 3.8) is 0 Å². The maximum atomic E-state index is 9.30. The molecular formula is C11H21ClO. The maximum Gasteiger partial charge on any atom is 0.0889 e. The minimum absolute atomic E-state index is 0.369. The first-order valence-electron chi connectivity index (χ1n) is 5.20. The third kappa shape index (κ3) is 8.32. The standard InChI is InChI=1S/C11H21ClO/c1-3-4-5-6-7-8-9-11(13)10(2)12/h11,13H,2-9H2,1H3. The summed E-state index contributed by atoms with van der Waals surface area (Å²) in [4.78, 5) is 0. The average molecular weight is 205 g/mol. The van der Waals surface area contributed by atoms with E-state index in [1.165, 1.54) is 32.1 Å². The highest BCUT2D eigenvalue weighted by Gasteiger charge is 2.04. The van der Waals surface area contributed by atoms with E-state index in [2.05, 4.69) is 13.5 Å². The summed E-state index contributed by atoms with van der Waals surface area (Å²) >= 11 is 5.55. The van der Waals surface area contributed by atoms with E-state index in [1.807, 2.05) is 0 Å². The molecule has 0 aliphatic rings. The molecule has 0 aliphatic heterocycles. The van der Waals surface area contributed by atoms with Crippen molar-refractivity contribution in [2.45, 2.75) is 58.0 Å². The highest BCUT2D eigenvalue weighted by Crippen LogP contribution is 2.13. The van der Waals surface area contributed by atoms with Crippen molar-refractivity contribution in [1.29, 1.82) is 0 Å². The molecule has 0 aliphatic carbocycles. The van der Waals surface area contributed by atoms with E-state index in [0.717, 1.165) is 12.8 Å². The van der Waals surface area contributed by atoms with Crippen molar-refractivity contribution in [3.05, 3.63) is 11.6 Å². The first-order chi connectivity index (χ1) is 6.18. The summed E-state index contributed by atoms with van der Waals surface area (Å²) in [5.41, 5.74) is 0. The molecule has 0 bridgehead atoms. The van der Waals surface area contributed by atoms with Crippen LogP contribution in [0.25, 0.3) is 0 Å². The number of aliphatic hydroxyl groups is 1. The quantitative estimate of drug-likeness (QED) is 0.596. The first-order valence-corrected chi connectivity index (χ1v) is 5.58. The Balaban J connectivity index is 3.11. The van der Waals surface area contributed by atoms with Crippen molar-refractivity contribution in [2.24, 2.45) is 0 Å². The second-order valence-electron chi connectivity index (χ2n) is 3.52. The van der Waals surface area contributed by atoms with Gasteiger partial charge in [-0.2, -0.15) is 0 Å². The topological polar surface area (TPSA) is 20.2 Å². The summed E-state index contributed by atoms with van der Waals surface area (Å²) in [7, 11) is 0. The van der Waals surface area contributed by atoms with Crippen LogP contribution in [-0.2, 0) is 0 Å². The lowest BCUT2D eigenvalue weighted by Gasteiger charge is -2.07. The number of hydrogen-bond donors (Lipinski definition) is 1. The van der Waals surface area contributed by atoms with Crippen LogP contribution in [0.2, 0.25) is 0 Å². The summed E-state index contributed by atoms with van der Waals surface area (Å²) in [6.07, 6.45) is 7.69. The van der Waals surface area contributed by atoms with Gasteiger partial charge in [-0.1, -0.05) is 63.6 Å². The smallest absolute Gasteiger partial charge is 0.0889 e. The molecule has 13 heavy (non-hydrogen) atoms. The predicted octanol–water partition coefficient (Wildman–Crippen LogP) is 3.85. The average Bonchev–Trinajstić information content (AvgIpc) is 2.10. The number of unbranched alkanes of at least 4 members (excludes halogenated alkanes) is 5. The largest absolute Gasteiger partial charge is 0.388 e. The van der Waals surface area contributed by atoms with Gasteiger partial charge in [-0.3, -0.25) is 0 Å². The van der Waals surface area contributed by atoms with Gasteiger partial charge >= 0.3 is 0 Å². The molecule has 0 saturated carbocycles. The highest BCUT2D eigenvalue weighted by atomic mass is 35.5. The van der Waals surface area contributed by atoms with Crippen LogP contribution < -0.4 is 0 Å². The molecule has 0 aromatic heterocycles. The molecule has 0 radical (unpaired) electrons. The molecule has 1 unspecified atom stereocenters. The van der Waals surface area contributed by atoms with E-state index in [9.17, 15) is 5.11 Å². The van der Waals surface area contributed by atoms with Crippen LogP contribution in [0.5, 0.6) is 0 Å². The van der Waals surface area contributed by atoms with E-state index in [4.69, 9.17) is 11.6 Å². The summed E-state index contributed by atoms with van der Waals surface area (Å²) in [6.45, 7) is 5.71. The van der Waals surface area contributed by atoms with Crippen LogP contribution in [0, 0.1) is 0 Å². The Labute approximate surface area is 86.8 Å². The third-order valence-corrected chi connectivity index (χ3v) is 2.44. The van der Waals surface area contributed by atoms with Crippen LogP contribution in [0.3, 0.4) is 0 Å². The Morgan fingerprint density at radius 3 is 2.31 bits per heavy atom. The fourth-order valence-corrected chi connectivity index (χ4v) is 1.38. The van der Waals surface area contributed by atoms with Gasteiger partial charge in [-0.15, -0.1) is 0 Å². The van der Waals surface area contributed by atoms with Gasteiger partial charge in [0, 0.05) is 5.03 Å². The van der Waals surface area contributed by atoms with Gasteiger partial charge in [-0.05, 0) is 6.42 Å². The molecule has 0 rings (SSSR count). The predicted molar refractivity (Wildman–Crippen MR) is 59.0 cm³/mol. The third-order valence-electron chi connectivity index (χ3n) is 2.19. The zero-order valence-electron chi connectivity index (χ0n) is 8.56. The lowest BCUT2D eigenvalue weighted by atomic mass is 10.1. The second kappa shape index (κ2) is 8.58. The molecule has 1 N–H and O–H groups in total. The lowest BCUT2D eigenvalue weighted by molar-refractivity contribution is 0.204. The zero-order chi connectivity index (χ0) is 10.1. The van der Waals surface area contributed by atoms with Crippen LogP contribution in [0.15, 0.2) is 11.6 Å². The second-order valence-corrected chi connectivity index (χ2v) is 4.00. The van der Waals surface area contributed by atoms with E-state index in [-0.39, 0.29) is 0 Å². The molecule has 2 heteroatoms. The summed E-state index contributed by atoms with van der Waals surface area (Å²) < 4.78 is 0. The number of rotatable bonds is 8. The molecule has 0 fully saturated rings. The maximum absolute atomic E-state index is 9.30. The number of hydrogen-bond acceptors (Lipinski definition) is 1. The first kappa shape index (κ1) is 13.0. The lowest BCUT2D eigenvalue weighted by Crippen LogP contribution is -2.04. The summed E-state index contributed by atoms with van der Waals surface area (Å²) in [5, 5.41) is 9.67. The van der Waals surface area contributed by atoms with Crippen molar-refractivity contribution in [1.82, 2.24) is 0 Å². The molecule has 0 amide bonds. The monoisotopic (exact) mass is 204 g/mol. The molecule has 0 saturated heterocycles. The Bertz CT molecular complexity index is 134. The highest BCUT2D eigenvalue weighted by molar-refractivity contribution is 6.29. The molecule has 1 nitrogen and oxygen atoms in total. The van der Waals surface area contributed by atoms with Crippen LogP contribution in [-0.4, -0.2) is 11.2 Å². The molecule has 0 aromatic rings. The molecule has 1 atom stereocenters. The minimum Gasteiger partial charge on any atom is -0.388 e. The van der Waals surface area contributed by atoms with Gasteiger partial charge in [0.05, 0.1) is 6.10 Å². The van der Waals surface area contributed by atoms with E-state index >= 15 is 0 Å². The molecule has 0 heterocycles. The fourth-order valence-electron chi connectivity index (χ4n) is 1.27. The summed E-state index contributed by atoms with van der Waals surface area (Å²) in [5.74, 6) is 0. The van der Waals surface area contributed by atoms with Crippen LogP contribution >= 0.6 is 11.6 Å². The zero-order valence-corrected chi connectivity index (χ0v) is 9.32. The van der Waals surface area contributed by atoms with Crippen molar-refractivity contribution in [2.75, 3.05) is 0 Å². The van der Waals surface area contributed by atoms with Crippen molar-refractivity contribution in [3.8, 4) is 0 Å². The number of halogens is 1. The Kier molecular flexibility index (Phi) is 8.58. The van der Waals surface area contributed by atoms with Gasteiger partial charge in [0.25, 0.3) is 0 Å². The van der Waals surface area contributed by atoms with Crippen LogP contribution in [0.4, 0.5) is 0 Å². The van der Waals surface area contributed by atoms with Gasteiger partial charge in [0.2, 0.25) is 0 Å². The van der Waals surface area contributed by atoms with E-state index < -0.39 is 6.10 Å². The van der Waals surface area contributed by atoms with Gasteiger partial charge in [-0.25, -0.2) is 0 Å². The SMILES string of the molecule is C=C(Cl)C(O)CCCCCCCC.